The summed E-state index contributed by atoms with van der Waals surface area (Å²) in [4.78, 5) is 27.1. The number of likely N-dealkylation sites (tertiary alicyclic amines) is 1. The molecular formula is C25H31ClN2O3. The van der Waals surface area contributed by atoms with Crippen LogP contribution in [0.5, 0.6) is 5.75 Å². The lowest BCUT2D eigenvalue weighted by atomic mass is 10.0. The molecule has 166 valence electrons. The highest BCUT2D eigenvalue weighted by Crippen LogP contribution is 2.26. The van der Waals surface area contributed by atoms with Crippen LogP contribution in [0.1, 0.15) is 50.7 Å². The van der Waals surface area contributed by atoms with Crippen molar-refractivity contribution >= 4 is 23.4 Å². The maximum atomic E-state index is 12.7. The molecule has 1 N–H and O–H groups in total. The van der Waals surface area contributed by atoms with Crippen LogP contribution >= 0.6 is 11.6 Å². The Morgan fingerprint density at radius 2 is 1.71 bits per heavy atom. The molecule has 2 amide bonds. The van der Waals surface area contributed by atoms with Crippen LogP contribution in [0.4, 0.5) is 0 Å². The van der Waals surface area contributed by atoms with E-state index in [1.54, 1.807) is 19.1 Å². The van der Waals surface area contributed by atoms with Crippen LogP contribution in [0.25, 0.3) is 0 Å². The van der Waals surface area contributed by atoms with Crippen LogP contribution in [-0.4, -0.2) is 41.9 Å². The molecule has 1 fully saturated rings. The quantitative estimate of drug-likeness (QED) is 0.682. The van der Waals surface area contributed by atoms with Crippen LogP contribution in [0.3, 0.4) is 0 Å². The number of nitrogens with zero attached hydrogens (tertiary/aromatic N) is 1. The van der Waals surface area contributed by atoms with Crippen molar-refractivity contribution in [1.82, 2.24) is 10.2 Å². The third kappa shape index (κ3) is 6.47. The molecule has 1 heterocycles. The Morgan fingerprint density at radius 3 is 2.35 bits per heavy atom. The molecule has 1 unspecified atom stereocenters. The highest BCUT2D eigenvalue weighted by molar-refractivity contribution is 6.30. The molecule has 0 aromatic heterocycles. The third-order valence-electron chi connectivity index (χ3n) is 5.68. The normalized spacial score (nSPS) is 15.6. The molecule has 0 bridgehead atoms. The second-order valence-electron chi connectivity index (χ2n) is 8.42. The molecule has 6 heteroatoms. The largest absolute Gasteiger partial charge is 0.481 e. The van der Waals surface area contributed by atoms with Gasteiger partial charge in [-0.05, 0) is 55.0 Å². The van der Waals surface area contributed by atoms with Crippen LogP contribution in [-0.2, 0) is 16.0 Å². The van der Waals surface area contributed by atoms with Gasteiger partial charge < -0.3 is 15.0 Å². The summed E-state index contributed by atoms with van der Waals surface area (Å²) in [5.74, 6) is 1.06. The van der Waals surface area contributed by atoms with Crippen molar-refractivity contribution in [3.63, 3.8) is 0 Å². The van der Waals surface area contributed by atoms with Crippen molar-refractivity contribution in [2.75, 3.05) is 13.1 Å². The first-order chi connectivity index (χ1) is 14.8. The number of piperidine rings is 1. The zero-order valence-electron chi connectivity index (χ0n) is 18.4. The van der Waals surface area contributed by atoms with E-state index >= 15 is 0 Å². The number of amides is 2. The Morgan fingerprint density at radius 1 is 1.06 bits per heavy atom. The number of para-hydroxylation sites is 1. The van der Waals surface area contributed by atoms with Gasteiger partial charge in [-0.1, -0.05) is 55.8 Å². The van der Waals surface area contributed by atoms with E-state index in [1.165, 1.54) is 0 Å². The summed E-state index contributed by atoms with van der Waals surface area (Å²) in [7, 11) is 0. The van der Waals surface area contributed by atoms with E-state index in [0.29, 0.717) is 30.5 Å². The molecule has 0 aliphatic carbocycles. The van der Waals surface area contributed by atoms with Gasteiger partial charge in [-0.3, -0.25) is 9.59 Å². The first-order valence-corrected chi connectivity index (χ1v) is 11.3. The van der Waals surface area contributed by atoms with E-state index in [9.17, 15) is 9.59 Å². The Balaban J connectivity index is 1.46. The topological polar surface area (TPSA) is 58.6 Å². The van der Waals surface area contributed by atoms with Crippen molar-refractivity contribution in [3.05, 3.63) is 64.7 Å². The fourth-order valence-electron chi connectivity index (χ4n) is 3.79. The van der Waals surface area contributed by atoms with Crippen molar-refractivity contribution in [2.24, 2.45) is 0 Å². The van der Waals surface area contributed by atoms with E-state index in [4.69, 9.17) is 16.3 Å². The first kappa shape index (κ1) is 23.1. The molecule has 3 rings (SSSR count). The van der Waals surface area contributed by atoms with E-state index in [1.807, 2.05) is 41.3 Å². The standard InChI is InChI=1S/C25H31ClN2O3/c1-17(2)22-6-4-5-7-23(22)31-18(3)25(30)27-21-12-14-28(15-13-21)24(29)16-19-8-10-20(26)11-9-19/h4-11,17-18,21H,12-16H2,1-3H3,(H,27,30). The maximum absolute atomic E-state index is 12.7. The minimum Gasteiger partial charge on any atom is -0.481 e. The van der Waals surface area contributed by atoms with E-state index in [0.717, 1.165) is 29.7 Å². The number of carbonyl (C=O) groups excluding carboxylic acids is 2. The summed E-state index contributed by atoms with van der Waals surface area (Å²) in [5, 5.41) is 3.75. The van der Waals surface area contributed by atoms with Gasteiger partial charge in [0, 0.05) is 24.2 Å². The zero-order valence-corrected chi connectivity index (χ0v) is 19.2. The molecule has 2 aromatic rings. The summed E-state index contributed by atoms with van der Waals surface area (Å²) in [6.45, 7) is 7.27. The third-order valence-corrected chi connectivity index (χ3v) is 5.93. The van der Waals surface area contributed by atoms with Crippen LogP contribution in [0, 0.1) is 0 Å². The average Bonchev–Trinajstić information content (AvgIpc) is 2.76. The van der Waals surface area contributed by atoms with Crippen molar-refractivity contribution in [3.8, 4) is 5.75 Å². The number of rotatable bonds is 7. The summed E-state index contributed by atoms with van der Waals surface area (Å²) < 4.78 is 5.96. The molecule has 0 spiro atoms. The maximum Gasteiger partial charge on any atom is 0.260 e. The minimum atomic E-state index is -0.579. The van der Waals surface area contributed by atoms with Gasteiger partial charge in [-0.15, -0.1) is 0 Å². The Kier molecular flexibility index (Phi) is 7.97. The predicted octanol–water partition coefficient (Wildman–Crippen LogP) is 4.58. The summed E-state index contributed by atoms with van der Waals surface area (Å²) in [6, 6.07) is 15.3. The Hall–Kier alpha value is -2.53. The zero-order chi connectivity index (χ0) is 22.4. The molecule has 2 aromatic carbocycles. The van der Waals surface area contributed by atoms with Crippen LogP contribution < -0.4 is 10.1 Å². The van der Waals surface area contributed by atoms with E-state index < -0.39 is 6.10 Å². The highest BCUT2D eigenvalue weighted by atomic mass is 35.5. The summed E-state index contributed by atoms with van der Waals surface area (Å²) in [6.07, 6.45) is 1.28. The molecule has 1 aliphatic heterocycles. The molecule has 0 saturated carbocycles. The highest BCUT2D eigenvalue weighted by Gasteiger charge is 2.26. The van der Waals surface area contributed by atoms with Crippen molar-refractivity contribution in [1.29, 1.82) is 0 Å². The molecule has 1 saturated heterocycles. The Bertz CT molecular complexity index is 890. The van der Waals surface area contributed by atoms with Gasteiger partial charge in [0.2, 0.25) is 5.91 Å². The molecule has 5 nitrogen and oxygen atoms in total. The second kappa shape index (κ2) is 10.7. The second-order valence-corrected chi connectivity index (χ2v) is 8.86. The van der Waals surface area contributed by atoms with Crippen LogP contribution in [0.15, 0.2) is 48.5 Å². The number of nitrogens with one attached hydrogen (secondary N) is 1. The summed E-state index contributed by atoms with van der Waals surface area (Å²) in [5.41, 5.74) is 2.05. The fraction of sp³-hybridized carbons (Fsp3) is 0.440. The van der Waals surface area contributed by atoms with Gasteiger partial charge in [0.05, 0.1) is 6.42 Å². The van der Waals surface area contributed by atoms with Gasteiger partial charge in [0.1, 0.15) is 5.75 Å². The number of benzene rings is 2. The van der Waals surface area contributed by atoms with E-state index in [2.05, 4.69) is 19.2 Å². The van der Waals surface area contributed by atoms with Gasteiger partial charge in [-0.25, -0.2) is 0 Å². The molecule has 0 radical (unpaired) electrons. The SMILES string of the molecule is CC(Oc1ccccc1C(C)C)C(=O)NC1CCN(C(=O)Cc2ccc(Cl)cc2)CC1. The van der Waals surface area contributed by atoms with Crippen LogP contribution in [0.2, 0.25) is 5.02 Å². The Labute approximate surface area is 189 Å². The molecular weight excluding hydrogens is 412 g/mol. The monoisotopic (exact) mass is 442 g/mol. The summed E-state index contributed by atoms with van der Waals surface area (Å²) >= 11 is 5.90. The molecule has 1 atom stereocenters. The van der Waals surface area contributed by atoms with Crippen molar-refractivity contribution < 1.29 is 14.3 Å². The number of hydrogen-bond donors (Lipinski definition) is 1. The lowest BCUT2D eigenvalue weighted by Crippen LogP contribution is -2.49. The first-order valence-electron chi connectivity index (χ1n) is 10.9. The molecule has 1 aliphatic rings. The van der Waals surface area contributed by atoms with Gasteiger partial charge in [0.15, 0.2) is 6.10 Å². The molecule has 31 heavy (non-hydrogen) atoms. The van der Waals surface area contributed by atoms with Gasteiger partial charge >= 0.3 is 0 Å². The smallest absolute Gasteiger partial charge is 0.260 e. The van der Waals surface area contributed by atoms with E-state index in [-0.39, 0.29) is 17.9 Å². The predicted molar refractivity (Wildman–Crippen MR) is 124 cm³/mol. The number of hydrogen-bond acceptors (Lipinski definition) is 3. The van der Waals surface area contributed by atoms with Crippen molar-refractivity contribution in [2.45, 2.75) is 58.1 Å². The fourth-order valence-corrected chi connectivity index (χ4v) is 3.92. The van der Waals surface area contributed by atoms with Gasteiger partial charge in [0.25, 0.3) is 5.91 Å². The lowest BCUT2D eigenvalue weighted by Gasteiger charge is -2.33. The minimum absolute atomic E-state index is 0.0541. The average molecular weight is 443 g/mol. The number of carbonyl (C=O) groups is 2. The van der Waals surface area contributed by atoms with Gasteiger partial charge in [-0.2, -0.15) is 0 Å². The lowest BCUT2D eigenvalue weighted by molar-refractivity contribution is -0.132. The number of ether oxygens (including phenoxy) is 1. The number of halogens is 1.